The number of benzene rings is 1. The van der Waals surface area contributed by atoms with Crippen molar-refractivity contribution >= 4 is 23.1 Å². The van der Waals surface area contributed by atoms with E-state index in [-0.39, 0.29) is 5.91 Å². The number of amides is 1. The van der Waals surface area contributed by atoms with Crippen molar-refractivity contribution < 1.29 is 4.79 Å². The first-order valence-corrected chi connectivity index (χ1v) is 10.1. The summed E-state index contributed by atoms with van der Waals surface area (Å²) in [4.78, 5) is 17.1. The monoisotopic (exact) mass is 380 g/mol. The van der Waals surface area contributed by atoms with E-state index in [1.165, 1.54) is 31.4 Å². The molecule has 2 N–H and O–H groups in total. The van der Waals surface area contributed by atoms with Crippen LogP contribution in [0.4, 0.5) is 17.2 Å². The largest absolute Gasteiger partial charge is 0.369 e. The minimum atomic E-state index is -0.243. The van der Waals surface area contributed by atoms with Gasteiger partial charge in [-0.25, -0.2) is 0 Å². The molecule has 1 aliphatic heterocycles. The number of carbonyl (C=O) groups is 1. The Morgan fingerprint density at radius 2 is 1.68 bits per heavy atom. The van der Waals surface area contributed by atoms with Gasteiger partial charge in [-0.3, -0.25) is 4.79 Å². The fraction of sp³-hybridized carbons (Fsp3) is 0.476. The van der Waals surface area contributed by atoms with Gasteiger partial charge in [0.25, 0.3) is 5.91 Å². The van der Waals surface area contributed by atoms with Crippen LogP contribution in [0, 0.1) is 0 Å². The van der Waals surface area contributed by atoms with Crippen molar-refractivity contribution in [1.29, 1.82) is 0 Å². The number of piperazine rings is 1. The van der Waals surface area contributed by atoms with Crippen molar-refractivity contribution in [2.45, 2.75) is 31.7 Å². The summed E-state index contributed by atoms with van der Waals surface area (Å²) in [6.07, 6.45) is 4.88. The van der Waals surface area contributed by atoms with Crippen LogP contribution in [0.15, 0.2) is 36.4 Å². The maximum absolute atomic E-state index is 12.4. The Balaban J connectivity index is 1.32. The smallest absolute Gasteiger partial charge is 0.276 e. The molecule has 0 bridgehead atoms. The predicted octanol–water partition coefficient (Wildman–Crippen LogP) is 2.84. The summed E-state index contributed by atoms with van der Waals surface area (Å²) >= 11 is 0. The molecule has 1 saturated heterocycles. The average molecular weight is 380 g/mol. The highest BCUT2D eigenvalue weighted by molar-refractivity contribution is 6.02. The van der Waals surface area contributed by atoms with E-state index in [0.29, 0.717) is 11.7 Å². The van der Waals surface area contributed by atoms with Gasteiger partial charge in [0.1, 0.15) is 5.82 Å². The molecule has 1 amide bonds. The van der Waals surface area contributed by atoms with E-state index in [9.17, 15) is 4.79 Å². The third kappa shape index (κ3) is 4.59. The minimum Gasteiger partial charge on any atom is -0.369 e. The molecule has 148 valence electrons. The first-order chi connectivity index (χ1) is 13.7. The third-order valence-corrected chi connectivity index (χ3v) is 5.60. The highest BCUT2D eigenvalue weighted by Crippen LogP contribution is 2.22. The SMILES string of the molecule is CN1CCN(c2ccc(NC(=O)c3ccc(NC4CCCC4)nn3)cc2)CC1. The zero-order chi connectivity index (χ0) is 19.3. The topological polar surface area (TPSA) is 73.4 Å². The molecule has 0 atom stereocenters. The summed E-state index contributed by atoms with van der Waals surface area (Å²) in [6.45, 7) is 4.20. The number of hydrogen-bond acceptors (Lipinski definition) is 6. The van der Waals surface area contributed by atoms with E-state index in [1.807, 2.05) is 18.2 Å². The Morgan fingerprint density at radius 1 is 0.964 bits per heavy atom. The molecule has 2 aliphatic rings. The van der Waals surface area contributed by atoms with Crippen LogP contribution in [0.25, 0.3) is 0 Å². The van der Waals surface area contributed by atoms with Gasteiger partial charge in [-0.15, -0.1) is 10.2 Å². The van der Waals surface area contributed by atoms with E-state index >= 15 is 0 Å². The van der Waals surface area contributed by atoms with Gasteiger partial charge < -0.3 is 20.4 Å². The van der Waals surface area contributed by atoms with Crippen LogP contribution in [-0.2, 0) is 0 Å². The summed E-state index contributed by atoms with van der Waals surface area (Å²) in [5.41, 5.74) is 2.27. The van der Waals surface area contributed by atoms with Crippen LogP contribution < -0.4 is 15.5 Å². The molecular formula is C21H28N6O. The maximum atomic E-state index is 12.4. The molecule has 7 nitrogen and oxygen atoms in total. The Kier molecular flexibility index (Phi) is 5.71. The number of nitrogens with zero attached hydrogens (tertiary/aromatic N) is 4. The lowest BCUT2D eigenvalue weighted by molar-refractivity contribution is 0.102. The second-order valence-corrected chi connectivity index (χ2v) is 7.72. The highest BCUT2D eigenvalue weighted by Gasteiger charge is 2.16. The van der Waals surface area contributed by atoms with Crippen LogP contribution in [0.3, 0.4) is 0 Å². The third-order valence-electron chi connectivity index (χ3n) is 5.60. The average Bonchev–Trinajstić information content (AvgIpc) is 3.23. The van der Waals surface area contributed by atoms with Gasteiger partial charge in [-0.05, 0) is 56.3 Å². The predicted molar refractivity (Wildman–Crippen MR) is 112 cm³/mol. The van der Waals surface area contributed by atoms with Gasteiger partial charge in [-0.2, -0.15) is 0 Å². The normalized spacial score (nSPS) is 18.2. The maximum Gasteiger partial charge on any atom is 0.276 e. The first-order valence-electron chi connectivity index (χ1n) is 10.1. The molecule has 0 spiro atoms. The molecule has 28 heavy (non-hydrogen) atoms. The molecule has 1 aliphatic carbocycles. The van der Waals surface area contributed by atoms with Crippen molar-refractivity contribution in [3.8, 4) is 0 Å². The zero-order valence-corrected chi connectivity index (χ0v) is 16.4. The van der Waals surface area contributed by atoms with E-state index < -0.39 is 0 Å². The number of anilines is 3. The van der Waals surface area contributed by atoms with Crippen LogP contribution in [0.2, 0.25) is 0 Å². The number of rotatable bonds is 5. The molecule has 7 heteroatoms. The lowest BCUT2D eigenvalue weighted by Crippen LogP contribution is -2.44. The summed E-state index contributed by atoms with van der Waals surface area (Å²) in [5, 5.41) is 14.5. The number of aromatic nitrogens is 2. The lowest BCUT2D eigenvalue weighted by atomic mass is 10.2. The Morgan fingerprint density at radius 3 is 2.32 bits per heavy atom. The van der Waals surface area contributed by atoms with E-state index in [1.54, 1.807) is 6.07 Å². The number of nitrogens with one attached hydrogen (secondary N) is 2. The van der Waals surface area contributed by atoms with Gasteiger partial charge in [0.15, 0.2) is 5.69 Å². The van der Waals surface area contributed by atoms with E-state index in [2.05, 4.69) is 49.8 Å². The standard InChI is InChI=1S/C21H28N6O/c1-26-12-14-27(15-13-26)18-8-6-17(7-9-18)23-21(28)19-10-11-20(25-24-19)22-16-4-2-3-5-16/h6-11,16H,2-5,12-15H2,1H3,(H,22,25)(H,23,28). The second-order valence-electron chi connectivity index (χ2n) is 7.72. The number of hydrogen-bond donors (Lipinski definition) is 2. The van der Waals surface area contributed by atoms with Crippen LogP contribution in [0.1, 0.15) is 36.2 Å². The van der Waals surface area contributed by atoms with E-state index in [4.69, 9.17) is 0 Å². The quantitative estimate of drug-likeness (QED) is 0.831. The van der Waals surface area contributed by atoms with E-state index in [0.717, 1.165) is 37.7 Å². The summed E-state index contributed by atoms with van der Waals surface area (Å²) in [5.74, 6) is 0.493. The van der Waals surface area contributed by atoms with Gasteiger partial charge in [-0.1, -0.05) is 12.8 Å². The summed E-state index contributed by atoms with van der Waals surface area (Å²) in [6, 6.07) is 12.0. The Hall–Kier alpha value is -2.67. The fourth-order valence-corrected chi connectivity index (χ4v) is 3.82. The number of likely N-dealkylation sites (N-methyl/N-ethyl adjacent to an activating group) is 1. The van der Waals surface area contributed by atoms with Crippen LogP contribution in [0.5, 0.6) is 0 Å². The summed E-state index contributed by atoms with van der Waals surface area (Å²) in [7, 11) is 2.15. The first kappa shape index (κ1) is 18.7. The van der Waals surface area contributed by atoms with Crippen molar-refractivity contribution in [3.63, 3.8) is 0 Å². The fourth-order valence-electron chi connectivity index (χ4n) is 3.82. The zero-order valence-electron chi connectivity index (χ0n) is 16.4. The molecule has 0 radical (unpaired) electrons. The Bertz CT molecular complexity index is 778. The highest BCUT2D eigenvalue weighted by atomic mass is 16.1. The van der Waals surface area contributed by atoms with Crippen molar-refractivity contribution in [3.05, 3.63) is 42.1 Å². The summed E-state index contributed by atoms with van der Waals surface area (Å²) < 4.78 is 0. The van der Waals surface area contributed by atoms with Crippen molar-refractivity contribution in [2.75, 3.05) is 48.8 Å². The van der Waals surface area contributed by atoms with Crippen molar-refractivity contribution in [1.82, 2.24) is 15.1 Å². The van der Waals surface area contributed by atoms with Gasteiger partial charge in [0.2, 0.25) is 0 Å². The number of carbonyl (C=O) groups excluding carboxylic acids is 1. The molecule has 2 heterocycles. The molecule has 1 aromatic carbocycles. The molecule has 1 saturated carbocycles. The van der Waals surface area contributed by atoms with Crippen LogP contribution in [-0.4, -0.2) is 60.3 Å². The molecule has 2 aromatic rings. The second kappa shape index (κ2) is 8.56. The molecule has 2 fully saturated rings. The lowest BCUT2D eigenvalue weighted by Gasteiger charge is -2.34. The van der Waals surface area contributed by atoms with Crippen molar-refractivity contribution in [2.24, 2.45) is 0 Å². The molecule has 4 rings (SSSR count). The molecule has 0 unspecified atom stereocenters. The molecule has 1 aromatic heterocycles. The van der Waals surface area contributed by atoms with Gasteiger partial charge in [0, 0.05) is 43.6 Å². The molecular weight excluding hydrogens is 352 g/mol. The minimum absolute atomic E-state index is 0.243. The Labute approximate surface area is 166 Å². The van der Waals surface area contributed by atoms with Crippen LogP contribution >= 0.6 is 0 Å². The van der Waals surface area contributed by atoms with Gasteiger partial charge >= 0.3 is 0 Å². The van der Waals surface area contributed by atoms with Gasteiger partial charge in [0.05, 0.1) is 0 Å².